The lowest BCUT2D eigenvalue weighted by atomic mass is 9.92. The zero-order chi connectivity index (χ0) is 16.1. The normalized spacial score (nSPS) is 21.4. The van der Waals surface area contributed by atoms with E-state index >= 15 is 0 Å². The lowest BCUT2D eigenvalue weighted by molar-refractivity contribution is -0.147. The largest absolute Gasteiger partial charge is 0.508 e. The van der Waals surface area contributed by atoms with Gasteiger partial charge >= 0.3 is 0 Å². The summed E-state index contributed by atoms with van der Waals surface area (Å²) < 4.78 is 12.8. The summed E-state index contributed by atoms with van der Waals surface area (Å²) in [6, 6.07) is 5.88. The number of aliphatic hydroxyl groups is 1. The molecule has 1 aliphatic rings. The lowest BCUT2D eigenvalue weighted by Gasteiger charge is -2.33. The minimum absolute atomic E-state index is 0.0102. The molecular weight excluding hydrogens is 276 g/mol. The van der Waals surface area contributed by atoms with Crippen LogP contribution in [0.4, 0.5) is 0 Å². The second-order valence-corrected chi connectivity index (χ2v) is 4.78. The highest BCUT2D eigenvalue weighted by Crippen LogP contribution is 2.43. The topological polar surface area (TPSA) is 107 Å². The fourth-order valence-electron chi connectivity index (χ4n) is 2.29. The van der Waals surface area contributed by atoms with Crippen molar-refractivity contribution in [1.82, 2.24) is 0 Å². The van der Waals surface area contributed by atoms with E-state index in [4.69, 9.17) is 6.11 Å². The Morgan fingerprint density at radius 2 is 1.81 bits per heavy atom. The molecule has 21 heavy (non-hydrogen) atoms. The van der Waals surface area contributed by atoms with E-state index in [1.54, 1.807) is 0 Å². The molecule has 3 rings (SSSR count). The average molecular weight is 289 g/mol. The molecule has 108 valence electrons. The molecule has 0 aromatic heterocycles. The summed E-state index contributed by atoms with van der Waals surface area (Å²) >= 11 is 0. The van der Waals surface area contributed by atoms with E-state index in [1.807, 2.05) is 0 Å². The molecule has 2 aromatic rings. The van der Waals surface area contributed by atoms with Crippen LogP contribution < -0.4 is 4.74 Å². The van der Waals surface area contributed by atoms with Crippen molar-refractivity contribution >= 4 is 5.78 Å². The maximum Gasteiger partial charge on any atom is 0.242 e. The number of hydrogen-bond donors (Lipinski definition) is 4. The van der Waals surface area contributed by atoms with Crippen LogP contribution in [0.3, 0.4) is 0 Å². The molecule has 6 nitrogen and oxygen atoms in total. The molecule has 4 N–H and O–H groups in total. The van der Waals surface area contributed by atoms with E-state index < -0.39 is 35.5 Å². The van der Waals surface area contributed by atoms with Gasteiger partial charge in [-0.1, -0.05) is 0 Å². The number of ether oxygens (including phenoxy) is 1. The first kappa shape index (κ1) is 12.0. The van der Waals surface area contributed by atoms with E-state index in [0.29, 0.717) is 0 Å². The van der Waals surface area contributed by atoms with Crippen LogP contribution in [0.25, 0.3) is 0 Å². The minimum Gasteiger partial charge on any atom is -0.508 e. The minimum atomic E-state index is -1.99. The summed E-state index contributed by atoms with van der Waals surface area (Å²) in [5.41, 5.74) is -0.00974. The second-order valence-electron chi connectivity index (χ2n) is 4.78. The molecule has 6 heteroatoms. The molecule has 0 saturated carbocycles. The van der Waals surface area contributed by atoms with Gasteiger partial charge in [0.25, 0.3) is 0 Å². The summed E-state index contributed by atoms with van der Waals surface area (Å²) in [6.45, 7) is 0. The predicted octanol–water partition coefficient (Wildman–Crippen LogP) is 1.61. The molecule has 0 spiro atoms. The standard InChI is InChI=1S/C15H12O6/c16-9-3-1-8(2-4-9)15(20)7-12(19)14-11(18)5-10(17)6-13(14)21-15/h1-6,16-18,20H,7H2/t15-/m0/s1/i5D. The van der Waals surface area contributed by atoms with Gasteiger partial charge in [-0.05, 0) is 24.3 Å². The van der Waals surface area contributed by atoms with Crippen molar-refractivity contribution in [2.45, 2.75) is 12.2 Å². The number of aromatic hydroxyl groups is 3. The number of carbonyl (C=O) groups excluding carboxylic acids is 1. The summed E-state index contributed by atoms with van der Waals surface area (Å²) in [5.74, 6) is -4.09. The summed E-state index contributed by atoms with van der Waals surface area (Å²) in [7, 11) is 0. The highest BCUT2D eigenvalue weighted by molar-refractivity contribution is 6.03. The third kappa shape index (κ3) is 2.15. The number of rotatable bonds is 1. The van der Waals surface area contributed by atoms with Crippen molar-refractivity contribution in [3.8, 4) is 23.0 Å². The van der Waals surface area contributed by atoms with E-state index in [2.05, 4.69) is 0 Å². The molecule has 0 bridgehead atoms. The Labute approximate surface area is 120 Å². The number of hydrogen-bond acceptors (Lipinski definition) is 6. The van der Waals surface area contributed by atoms with Gasteiger partial charge in [0.05, 0.1) is 7.79 Å². The zero-order valence-corrected chi connectivity index (χ0v) is 10.7. The average Bonchev–Trinajstić information content (AvgIpc) is 2.44. The molecule has 0 unspecified atom stereocenters. The van der Waals surface area contributed by atoms with Crippen LogP contribution in [0.1, 0.15) is 23.7 Å². The van der Waals surface area contributed by atoms with E-state index in [0.717, 1.165) is 6.07 Å². The number of ketones is 1. The van der Waals surface area contributed by atoms with E-state index in [-0.39, 0.29) is 22.6 Å². The molecule has 0 fully saturated rings. The van der Waals surface area contributed by atoms with Gasteiger partial charge in [0, 0.05) is 17.7 Å². The Balaban J connectivity index is 2.11. The molecule has 0 amide bonds. The van der Waals surface area contributed by atoms with Gasteiger partial charge in [0.2, 0.25) is 5.79 Å². The molecule has 2 aromatic carbocycles. The van der Waals surface area contributed by atoms with Crippen molar-refractivity contribution in [3.05, 3.63) is 47.5 Å². The number of carbonyl (C=O) groups is 1. The van der Waals surface area contributed by atoms with Crippen LogP contribution in [-0.2, 0) is 5.79 Å². The zero-order valence-electron chi connectivity index (χ0n) is 11.7. The Morgan fingerprint density at radius 3 is 2.48 bits per heavy atom. The number of Topliss-reactive ketones (excluding diaryl/α,β-unsaturated/α-hetero) is 1. The smallest absolute Gasteiger partial charge is 0.242 e. The quantitative estimate of drug-likeness (QED) is 0.635. The van der Waals surface area contributed by atoms with Crippen molar-refractivity contribution < 1.29 is 31.3 Å². The van der Waals surface area contributed by atoms with Crippen LogP contribution in [0.15, 0.2) is 36.4 Å². The molecule has 0 saturated heterocycles. The van der Waals surface area contributed by atoms with E-state index in [9.17, 15) is 25.2 Å². The summed E-state index contributed by atoms with van der Waals surface area (Å²) in [4.78, 5) is 12.2. The van der Waals surface area contributed by atoms with Crippen molar-refractivity contribution in [2.24, 2.45) is 0 Å². The third-order valence-electron chi connectivity index (χ3n) is 3.27. The van der Waals surface area contributed by atoms with Gasteiger partial charge in [-0.15, -0.1) is 0 Å². The van der Waals surface area contributed by atoms with Crippen LogP contribution in [-0.4, -0.2) is 26.2 Å². The predicted molar refractivity (Wildman–Crippen MR) is 71.4 cm³/mol. The van der Waals surface area contributed by atoms with Gasteiger partial charge in [0.1, 0.15) is 28.6 Å². The number of benzene rings is 2. The van der Waals surface area contributed by atoms with Crippen LogP contribution >= 0.6 is 0 Å². The molecule has 0 aliphatic carbocycles. The number of phenolic OH excluding ortho intramolecular Hbond substituents is 3. The van der Waals surface area contributed by atoms with Crippen molar-refractivity contribution in [2.75, 3.05) is 0 Å². The first-order chi connectivity index (χ1) is 10.3. The Bertz CT molecular complexity index is 771. The van der Waals surface area contributed by atoms with Crippen molar-refractivity contribution in [1.29, 1.82) is 0 Å². The molecule has 1 aliphatic heterocycles. The molecule has 0 radical (unpaired) electrons. The Morgan fingerprint density at radius 1 is 1.14 bits per heavy atom. The van der Waals surface area contributed by atoms with Gasteiger partial charge < -0.3 is 25.2 Å². The highest BCUT2D eigenvalue weighted by atomic mass is 16.6. The third-order valence-corrected chi connectivity index (χ3v) is 3.27. The first-order valence-electron chi connectivity index (χ1n) is 6.61. The lowest BCUT2D eigenvalue weighted by Crippen LogP contribution is -2.39. The number of fused-ring (bicyclic) bond motifs is 1. The number of phenols is 3. The van der Waals surface area contributed by atoms with Crippen molar-refractivity contribution in [3.63, 3.8) is 0 Å². The highest BCUT2D eigenvalue weighted by Gasteiger charge is 2.42. The fourth-order valence-corrected chi connectivity index (χ4v) is 2.29. The SMILES string of the molecule is [2H]c1c(O)cc2c(c1O)C(=O)C[C@@](O)(c1ccc(O)cc1)O2. The first-order valence-corrected chi connectivity index (χ1v) is 6.11. The van der Waals surface area contributed by atoms with Crippen LogP contribution in [0.2, 0.25) is 0 Å². The Hall–Kier alpha value is -2.73. The van der Waals surface area contributed by atoms with E-state index in [1.165, 1.54) is 24.3 Å². The van der Waals surface area contributed by atoms with Gasteiger partial charge in [-0.3, -0.25) is 4.79 Å². The fraction of sp³-hybridized carbons (Fsp3) is 0.133. The maximum absolute atomic E-state index is 12.2. The molecule has 1 atom stereocenters. The molecular formula is C15H12O6. The van der Waals surface area contributed by atoms with Gasteiger partial charge in [-0.2, -0.15) is 0 Å². The van der Waals surface area contributed by atoms with Gasteiger partial charge in [0.15, 0.2) is 5.78 Å². The Kier molecular flexibility index (Phi) is 2.52. The summed E-state index contributed by atoms with van der Waals surface area (Å²) in [6.07, 6.45) is -0.470. The monoisotopic (exact) mass is 289 g/mol. The van der Waals surface area contributed by atoms with Crippen LogP contribution in [0, 0.1) is 0 Å². The van der Waals surface area contributed by atoms with Gasteiger partial charge in [-0.25, -0.2) is 0 Å². The summed E-state index contributed by atoms with van der Waals surface area (Å²) in [5, 5.41) is 39.2. The second kappa shape index (κ2) is 4.39. The van der Waals surface area contributed by atoms with Crippen LogP contribution in [0.5, 0.6) is 23.0 Å². The maximum atomic E-state index is 12.2. The molecule has 1 heterocycles.